The lowest BCUT2D eigenvalue weighted by Crippen LogP contribution is -3.27. The third-order valence-corrected chi connectivity index (χ3v) is 6.32. The maximum Gasteiger partial charge on any atom is 0.127 e. The van der Waals surface area contributed by atoms with Gasteiger partial charge in [-0.2, -0.15) is 0 Å². The lowest BCUT2D eigenvalue weighted by atomic mass is 10.0. The van der Waals surface area contributed by atoms with E-state index in [0.29, 0.717) is 0 Å². The van der Waals surface area contributed by atoms with Gasteiger partial charge in [0.1, 0.15) is 50.8 Å². The number of piperazine rings is 1. The largest absolute Gasteiger partial charge is 0.457 e. The van der Waals surface area contributed by atoms with Crippen molar-refractivity contribution in [3.8, 4) is 11.5 Å². The van der Waals surface area contributed by atoms with E-state index in [9.17, 15) is 0 Å². The van der Waals surface area contributed by atoms with Gasteiger partial charge in [0.05, 0.1) is 0 Å². The Morgan fingerprint density at radius 2 is 1.23 bits per heavy atom. The van der Waals surface area contributed by atoms with E-state index in [1.165, 1.54) is 48.1 Å². The maximum absolute atomic E-state index is 6.01. The summed E-state index contributed by atoms with van der Waals surface area (Å²) in [7, 11) is 0. The topological polar surface area (TPSA) is 18.1 Å². The number of benzene rings is 4. The van der Waals surface area contributed by atoms with E-state index in [0.717, 1.165) is 24.6 Å². The van der Waals surface area contributed by atoms with Crippen LogP contribution in [0.1, 0.15) is 11.1 Å². The summed E-state index contributed by atoms with van der Waals surface area (Å²) in [5.74, 6) is 1.81. The Hall–Kier alpha value is -3.14. The highest BCUT2D eigenvalue weighted by molar-refractivity contribution is 5.85. The van der Waals surface area contributed by atoms with E-state index in [1.807, 2.05) is 36.4 Å². The Bertz CT molecular complexity index is 1130. The molecule has 3 heteroatoms. The van der Waals surface area contributed by atoms with Gasteiger partial charge in [0.15, 0.2) is 0 Å². The molecule has 5 rings (SSSR count). The van der Waals surface area contributed by atoms with Crippen LogP contribution in [0.3, 0.4) is 0 Å². The molecule has 0 aliphatic carbocycles. The van der Waals surface area contributed by atoms with Crippen molar-refractivity contribution in [1.29, 1.82) is 0 Å². The molecular formula is C28H30N2O+2. The fourth-order valence-corrected chi connectivity index (χ4v) is 4.66. The van der Waals surface area contributed by atoms with E-state index in [2.05, 4.69) is 60.7 Å². The highest BCUT2D eigenvalue weighted by Gasteiger charge is 2.23. The van der Waals surface area contributed by atoms with Crippen molar-refractivity contribution in [2.45, 2.75) is 13.1 Å². The summed E-state index contributed by atoms with van der Waals surface area (Å²) in [6.45, 7) is 7.05. The van der Waals surface area contributed by atoms with Crippen molar-refractivity contribution >= 4 is 10.8 Å². The van der Waals surface area contributed by atoms with Crippen LogP contribution in [-0.2, 0) is 13.1 Å². The molecule has 1 heterocycles. The molecule has 31 heavy (non-hydrogen) atoms. The Balaban J connectivity index is 1.17. The second-order valence-corrected chi connectivity index (χ2v) is 8.55. The van der Waals surface area contributed by atoms with Gasteiger partial charge in [0.2, 0.25) is 0 Å². The molecule has 0 saturated carbocycles. The van der Waals surface area contributed by atoms with E-state index in [-0.39, 0.29) is 0 Å². The standard InChI is InChI=1S/C28H28N2O/c1-2-12-26(13-3-1)31-27-14-6-8-23(20-27)21-29-16-18-30(19-17-29)22-25-11-7-10-24-9-4-5-15-28(24)25/h1-15,20H,16-19,21-22H2/p+2. The second kappa shape index (κ2) is 9.34. The summed E-state index contributed by atoms with van der Waals surface area (Å²) in [4.78, 5) is 3.36. The quantitative estimate of drug-likeness (QED) is 0.500. The molecule has 1 saturated heterocycles. The first-order chi connectivity index (χ1) is 15.3. The van der Waals surface area contributed by atoms with Crippen molar-refractivity contribution in [2.75, 3.05) is 26.2 Å². The van der Waals surface area contributed by atoms with Crippen LogP contribution in [0.15, 0.2) is 97.1 Å². The molecule has 0 aromatic heterocycles. The van der Waals surface area contributed by atoms with Crippen LogP contribution in [0.5, 0.6) is 11.5 Å². The molecule has 0 radical (unpaired) electrons. The van der Waals surface area contributed by atoms with Gasteiger partial charge in [-0.25, -0.2) is 0 Å². The Labute approximate surface area is 184 Å². The van der Waals surface area contributed by atoms with E-state index >= 15 is 0 Å². The minimum absolute atomic E-state index is 0.887. The smallest absolute Gasteiger partial charge is 0.127 e. The van der Waals surface area contributed by atoms with E-state index in [1.54, 1.807) is 9.80 Å². The number of hydrogen-bond donors (Lipinski definition) is 2. The molecule has 0 atom stereocenters. The van der Waals surface area contributed by atoms with Crippen molar-refractivity contribution in [1.82, 2.24) is 0 Å². The van der Waals surface area contributed by atoms with Crippen molar-refractivity contribution < 1.29 is 14.5 Å². The number of para-hydroxylation sites is 1. The monoisotopic (exact) mass is 410 g/mol. The first-order valence-corrected chi connectivity index (χ1v) is 11.3. The summed E-state index contributed by atoms with van der Waals surface area (Å²) in [5, 5.41) is 2.75. The van der Waals surface area contributed by atoms with Crippen LogP contribution < -0.4 is 14.5 Å². The molecule has 0 unspecified atom stereocenters. The molecule has 1 aliphatic heterocycles. The van der Waals surface area contributed by atoms with Crippen LogP contribution in [0.2, 0.25) is 0 Å². The Morgan fingerprint density at radius 1 is 0.581 bits per heavy atom. The first-order valence-electron chi connectivity index (χ1n) is 11.3. The fraction of sp³-hybridized carbons (Fsp3) is 0.214. The van der Waals surface area contributed by atoms with Crippen LogP contribution >= 0.6 is 0 Å². The van der Waals surface area contributed by atoms with Crippen molar-refractivity contribution in [2.24, 2.45) is 0 Å². The molecule has 4 aromatic rings. The lowest BCUT2D eigenvalue weighted by Gasteiger charge is -2.30. The normalized spacial score (nSPS) is 18.7. The number of ether oxygens (including phenoxy) is 1. The molecule has 4 aromatic carbocycles. The molecule has 0 spiro atoms. The molecule has 156 valence electrons. The highest BCUT2D eigenvalue weighted by Crippen LogP contribution is 2.21. The average Bonchev–Trinajstić information content (AvgIpc) is 2.82. The Kier molecular flexibility index (Phi) is 5.96. The maximum atomic E-state index is 6.01. The van der Waals surface area contributed by atoms with E-state index < -0.39 is 0 Å². The number of quaternary nitrogens is 2. The summed E-state index contributed by atoms with van der Waals surface area (Å²) in [5.41, 5.74) is 2.82. The zero-order valence-corrected chi connectivity index (χ0v) is 17.9. The fourth-order valence-electron chi connectivity index (χ4n) is 4.66. The average molecular weight is 411 g/mol. The highest BCUT2D eigenvalue weighted by atomic mass is 16.5. The van der Waals surface area contributed by atoms with Crippen LogP contribution in [-0.4, -0.2) is 26.2 Å². The second-order valence-electron chi connectivity index (χ2n) is 8.55. The first kappa shape index (κ1) is 19.8. The van der Waals surface area contributed by atoms with Gasteiger partial charge in [0, 0.05) is 11.1 Å². The minimum atomic E-state index is 0.887. The molecule has 1 fully saturated rings. The molecule has 0 bridgehead atoms. The van der Waals surface area contributed by atoms with Gasteiger partial charge in [-0.1, -0.05) is 72.8 Å². The zero-order valence-electron chi connectivity index (χ0n) is 17.9. The van der Waals surface area contributed by atoms with Crippen LogP contribution in [0, 0.1) is 0 Å². The van der Waals surface area contributed by atoms with Crippen molar-refractivity contribution in [3.05, 3.63) is 108 Å². The predicted molar refractivity (Wildman–Crippen MR) is 126 cm³/mol. The van der Waals surface area contributed by atoms with Gasteiger partial charge in [0.25, 0.3) is 0 Å². The molecule has 3 nitrogen and oxygen atoms in total. The summed E-state index contributed by atoms with van der Waals surface area (Å²) in [6, 6.07) is 34.0. The third kappa shape index (κ3) is 4.96. The van der Waals surface area contributed by atoms with Crippen LogP contribution in [0.25, 0.3) is 10.8 Å². The molecule has 0 amide bonds. The lowest BCUT2D eigenvalue weighted by molar-refractivity contribution is -1.02. The Morgan fingerprint density at radius 3 is 2.06 bits per heavy atom. The molecular weight excluding hydrogens is 380 g/mol. The summed E-state index contributed by atoms with van der Waals surface area (Å²) in [6.07, 6.45) is 0. The van der Waals surface area contributed by atoms with Gasteiger partial charge < -0.3 is 14.5 Å². The van der Waals surface area contributed by atoms with Gasteiger partial charge >= 0.3 is 0 Å². The number of rotatable bonds is 6. The number of fused-ring (bicyclic) bond motifs is 1. The molecule has 1 aliphatic rings. The summed E-state index contributed by atoms with van der Waals surface area (Å²) < 4.78 is 6.01. The third-order valence-electron chi connectivity index (χ3n) is 6.32. The minimum Gasteiger partial charge on any atom is -0.457 e. The molecule has 2 N–H and O–H groups in total. The predicted octanol–water partition coefficient (Wildman–Crippen LogP) is 3.12. The number of hydrogen-bond acceptors (Lipinski definition) is 1. The van der Waals surface area contributed by atoms with E-state index in [4.69, 9.17) is 4.74 Å². The van der Waals surface area contributed by atoms with Crippen molar-refractivity contribution in [3.63, 3.8) is 0 Å². The van der Waals surface area contributed by atoms with Gasteiger partial charge in [-0.3, -0.25) is 0 Å². The number of nitrogens with one attached hydrogen (secondary N) is 2. The zero-order chi connectivity index (χ0) is 20.9. The summed E-state index contributed by atoms with van der Waals surface area (Å²) >= 11 is 0. The van der Waals surface area contributed by atoms with Gasteiger partial charge in [-0.05, 0) is 35.0 Å². The SMILES string of the molecule is c1ccc(Oc2cccc(C[NH+]3CC[NH+](Cc4cccc5ccccc45)CC3)c2)cc1. The van der Waals surface area contributed by atoms with Gasteiger partial charge in [-0.15, -0.1) is 0 Å². The van der Waals surface area contributed by atoms with Crippen LogP contribution in [0.4, 0.5) is 0 Å².